The monoisotopic (exact) mass is 283 g/mol. The highest BCUT2D eigenvalue weighted by molar-refractivity contribution is 5.72. The zero-order valence-electron chi connectivity index (χ0n) is 11.3. The number of carboxylic acid groups (broad SMARTS) is 1. The van der Waals surface area contributed by atoms with Crippen LogP contribution in [0.15, 0.2) is 48.5 Å². The highest BCUT2D eigenvalue weighted by atomic mass is 16.5. The summed E-state index contributed by atoms with van der Waals surface area (Å²) in [6.45, 7) is 1.46. The molecule has 0 aliphatic rings. The molecule has 1 N–H and O–H groups in total. The van der Waals surface area contributed by atoms with Crippen LogP contribution in [0.1, 0.15) is 12.5 Å². The third-order valence-electron chi connectivity index (χ3n) is 2.70. The minimum absolute atomic E-state index is 0.456. The lowest BCUT2D eigenvalue weighted by Gasteiger charge is -2.11. The number of carboxylic acids is 1. The Kier molecular flexibility index (Phi) is 4.42. The first-order chi connectivity index (χ1) is 10.1. The van der Waals surface area contributed by atoms with E-state index in [1.54, 1.807) is 48.5 Å². The number of hydrogen-bond acceptors (Lipinski definition) is 4. The summed E-state index contributed by atoms with van der Waals surface area (Å²) in [7, 11) is 0. The van der Waals surface area contributed by atoms with Crippen LogP contribution in [0.5, 0.6) is 17.2 Å². The molecule has 0 aliphatic heterocycles. The van der Waals surface area contributed by atoms with Crippen LogP contribution in [0, 0.1) is 11.3 Å². The number of nitrogens with zero attached hydrogens (tertiary/aromatic N) is 1. The van der Waals surface area contributed by atoms with Crippen molar-refractivity contribution in [3.8, 4) is 23.3 Å². The van der Waals surface area contributed by atoms with E-state index in [1.165, 1.54) is 6.92 Å². The van der Waals surface area contributed by atoms with Gasteiger partial charge in [-0.1, -0.05) is 0 Å². The molecule has 0 aromatic heterocycles. The molecule has 0 bridgehead atoms. The fraction of sp³-hybridized carbons (Fsp3) is 0.125. The van der Waals surface area contributed by atoms with Gasteiger partial charge in [-0.05, 0) is 55.5 Å². The molecule has 2 aromatic carbocycles. The number of benzene rings is 2. The molecule has 0 aliphatic carbocycles. The molecule has 0 saturated carbocycles. The Bertz CT molecular complexity index is 656. The van der Waals surface area contributed by atoms with Crippen molar-refractivity contribution >= 4 is 5.97 Å². The molecule has 0 heterocycles. The SMILES string of the molecule is C[C@@H](Oc1ccc(Oc2ccc(C#N)cc2)cc1)C(=O)O. The minimum Gasteiger partial charge on any atom is -0.479 e. The van der Waals surface area contributed by atoms with Gasteiger partial charge in [0, 0.05) is 0 Å². The molecular weight excluding hydrogens is 270 g/mol. The van der Waals surface area contributed by atoms with Gasteiger partial charge in [-0.2, -0.15) is 5.26 Å². The smallest absolute Gasteiger partial charge is 0.344 e. The second-order valence-corrected chi connectivity index (χ2v) is 4.31. The lowest BCUT2D eigenvalue weighted by molar-refractivity contribution is -0.144. The van der Waals surface area contributed by atoms with Crippen molar-refractivity contribution in [2.45, 2.75) is 13.0 Å². The molecule has 2 aromatic rings. The summed E-state index contributed by atoms with van der Waals surface area (Å²) in [6.07, 6.45) is -0.907. The third kappa shape index (κ3) is 3.98. The third-order valence-corrected chi connectivity index (χ3v) is 2.70. The van der Waals surface area contributed by atoms with Crippen LogP contribution in [0.4, 0.5) is 0 Å². The summed E-state index contributed by atoms with van der Waals surface area (Å²) in [5.74, 6) is 0.640. The maximum absolute atomic E-state index is 10.7. The predicted molar refractivity (Wildman–Crippen MR) is 75.4 cm³/mol. The highest BCUT2D eigenvalue weighted by Crippen LogP contribution is 2.24. The number of carbonyl (C=O) groups is 1. The summed E-state index contributed by atoms with van der Waals surface area (Å²) in [6, 6.07) is 15.4. The van der Waals surface area contributed by atoms with Gasteiger partial charge >= 0.3 is 5.97 Å². The van der Waals surface area contributed by atoms with E-state index in [2.05, 4.69) is 0 Å². The topological polar surface area (TPSA) is 79.5 Å². The standard InChI is InChI=1S/C16H13NO4/c1-11(16(18)19)20-13-6-8-15(9-7-13)21-14-4-2-12(10-17)3-5-14/h2-9,11H,1H3,(H,18,19)/t11-/m1/s1. The molecule has 0 saturated heterocycles. The molecule has 21 heavy (non-hydrogen) atoms. The van der Waals surface area contributed by atoms with E-state index in [0.717, 1.165) is 0 Å². The molecule has 0 amide bonds. The van der Waals surface area contributed by atoms with Gasteiger partial charge in [0.15, 0.2) is 6.10 Å². The van der Waals surface area contributed by atoms with Crippen LogP contribution < -0.4 is 9.47 Å². The molecule has 2 rings (SSSR count). The van der Waals surface area contributed by atoms with E-state index in [0.29, 0.717) is 22.8 Å². The Labute approximate surface area is 122 Å². The van der Waals surface area contributed by atoms with Gasteiger partial charge in [-0.3, -0.25) is 0 Å². The van der Waals surface area contributed by atoms with Gasteiger partial charge in [0.05, 0.1) is 11.6 Å². The fourth-order valence-corrected chi connectivity index (χ4v) is 1.57. The van der Waals surface area contributed by atoms with E-state index in [9.17, 15) is 4.79 Å². The van der Waals surface area contributed by atoms with Crippen molar-refractivity contribution < 1.29 is 19.4 Å². The van der Waals surface area contributed by atoms with Crippen molar-refractivity contribution in [2.24, 2.45) is 0 Å². The van der Waals surface area contributed by atoms with Gasteiger partial charge in [0.2, 0.25) is 0 Å². The molecule has 0 unspecified atom stereocenters. The van der Waals surface area contributed by atoms with E-state index >= 15 is 0 Å². The highest BCUT2D eigenvalue weighted by Gasteiger charge is 2.12. The number of hydrogen-bond donors (Lipinski definition) is 1. The first kappa shape index (κ1) is 14.4. The minimum atomic E-state index is -1.02. The normalized spacial score (nSPS) is 11.2. The molecule has 5 heteroatoms. The van der Waals surface area contributed by atoms with Gasteiger partial charge in [-0.25, -0.2) is 4.79 Å². The molecule has 1 atom stereocenters. The van der Waals surface area contributed by atoms with Crippen molar-refractivity contribution in [2.75, 3.05) is 0 Å². The predicted octanol–water partition coefficient (Wildman–Crippen LogP) is 3.20. The summed E-state index contributed by atoms with van der Waals surface area (Å²) in [5.41, 5.74) is 0.564. The second-order valence-electron chi connectivity index (χ2n) is 4.31. The molecule has 0 fully saturated rings. The van der Waals surface area contributed by atoms with Gasteiger partial charge in [-0.15, -0.1) is 0 Å². The maximum atomic E-state index is 10.7. The van der Waals surface area contributed by atoms with Crippen molar-refractivity contribution in [3.05, 3.63) is 54.1 Å². The van der Waals surface area contributed by atoms with Crippen LogP contribution in [-0.2, 0) is 4.79 Å². The largest absolute Gasteiger partial charge is 0.479 e. The maximum Gasteiger partial charge on any atom is 0.344 e. The van der Waals surface area contributed by atoms with E-state index in [-0.39, 0.29) is 0 Å². The van der Waals surface area contributed by atoms with E-state index in [4.69, 9.17) is 19.8 Å². The van der Waals surface area contributed by atoms with Crippen LogP contribution >= 0.6 is 0 Å². The number of nitriles is 1. The summed E-state index contributed by atoms with van der Waals surface area (Å²) in [5, 5.41) is 17.5. The Hall–Kier alpha value is -3.00. The Morgan fingerprint density at radius 1 is 1.05 bits per heavy atom. The molecule has 5 nitrogen and oxygen atoms in total. The van der Waals surface area contributed by atoms with Gasteiger partial charge < -0.3 is 14.6 Å². The van der Waals surface area contributed by atoms with Crippen molar-refractivity contribution in [1.29, 1.82) is 5.26 Å². The lowest BCUT2D eigenvalue weighted by atomic mass is 10.2. The molecular formula is C16H13NO4. The average Bonchev–Trinajstić information content (AvgIpc) is 2.50. The second kappa shape index (κ2) is 6.44. The van der Waals surface area contributed by atoms with Gasteiger partial charge in [0.25, 0.3) is 0 Å². The summed E-state index contributed by atoms with van der Waals surface area (Å²) < 4.78 is 10.8. The molecule has 0 radical (unpaired) electrons. The Morgan fingerprint density at radius 2 is 1.52 bits per heavy atom. The van der Waals surface area contributed by atoms with E-state index in [1.807, 2.05) is 6.07 Å². The van der Waals surface area contributed by atoms with Crippen molar-refractivity contribution in [1.82, 2.24) is 0 Å². The fourth-order valence-electron chi connectivity index (χ4n) is 1.57. The molecule has 0 spiro atoms. The Balaban J connectivity index is 2.01. The zero-order valence-corrected chi connectivity index (χ0v) is 11.3. The average molecular weight is 283 g/mol. The first-order valence-electron chi connectivity index (χ1n) is 6.26. The van der Waals surface area contributed by atoms with Crippen LogP contribution in [0.25, 0.3) is 0 Å². The Morgan fingerprint density at radius 3 is 2.00 bits per heavy atom. The first-order valence-corrected chi connectivity index (χ1v) is 6.26. The van der Waals surface area contributed by atoms with Crippen LogP contribution in [-0.4, -0.2) is 17.2 Å². The number of aliphatic carboxylic acids is 1. The van der Waals surface area contributed by atoms with E-state index < -0.39 is 12.1 Å². The quantitative estimate of drug-likeness (QED) is 0.911. The summed E-state index contributed by atoms with van der Waals surface area (Å²) >= 11 is 0. The van der Waals surface area contributed by atoms with Crippen molar-refractivity contribution in [3.63, 3.8) is 0 Å². The van der Waals surface area contributed by atoms with Crippen LogP contribution in [0.2, 0.25) is 0 Å². The van der Waals surface area contributed by atoms with Crippen LogP contribution in [0.3, 0.4) is 0 Å². The summed E-state index contributed by atoms with van der Waals surface area (Å²) in [4.78, 5) is 10.7. The number of rotatable bonds is 5. The van der Waals surface area contributed by atoms with Gasteiger partial charge in [0.1, 0.15) is 17.2 Å². The molecule has 106 valence electrons. The lowest BCUT2D eigenvalue weighted by Crippen LogP contribution is -2.22. The number of ether oxygens (including phenoxy) is 2. The zero-order chi connectivity index (χ0) is 15.2.